The van der Waals surface area contributed by atoms with E-state index in [-0.39, 0.29) is 12.5 Å². The summed E-state index contributed by atoms with van der Waals surface area (Å²) >= 11 is 0. The summed E-state index contributed by atoms with van der Waals surface area (Å²) < 4.78 is 5.18. The Morgan fingerprint density at radius 1 is 1.55 bits per heavy atom. The molecule has 1 amide bonds. The molecule has 20 heavy (non-hydrogen) atoms. The highest BCUT2D eigenvalue weighted by Crippen LogP contribution is 2.40. The Morgan fingerprint density at radius 2 is 2.30 bits per heavy atom. The van der Waals surface area contributed by atoms with Gasteiger partial charge in [0, 0.05) is 25.1 Å². The predicted octanol–water partition coefficient (Wildman–Crippen LogP) is 1.88. The van der Waals surface area contributed by atoms with E-state index in [1.54, 1.807) is 11.0 Å². The lowest BCUT2D eigenvalue weighted by Gasteiger charge is -2.22. The van der Waals surface area contributed by atoms with Gasteiger partial charge in [0.1, 0.15) is 5.76 Å². The zero-order chi connectivity index (χ0) is 14.3. The van der Waals surface area contributed by atoms with Crippen LogP contribution in [0.15, 0.2) is 10.6 Å². The highest BCUT2D eigenvalue weighted by molar-refractivity contribution is 5.93. The number of aromatic nitrogens is 1. The molecule has 1 aliphatic heterocycles. The first-order valence-electron chi connectivity index (χ1n) is 7.05. The molecule has 108 valence electrons. The number of amides is 1. The smallest absolute Gasteiger partial charge is 0.311 e. The van der Waals surface area contributed by atoms with Gasteiger partial charge in [0.2, 0.25) is 0 Å². The van der Waals surface area contributed by atoms with Gasteiger partial charge in [-0.1, -0.05) is 12.1 Å². The van der Waals surface area contributed by atoms with Crippen LogP contribution in [0.1, 0.15) is 54.8 Å². The van der Waals surface area contributed by atoms with Gasteiger partial charge in [-0.05, 0) is 25.7 Å². The molecule has 1 saturated carbocycles. The van der Waals surface area contributed by atoms with Crippen LogP contribution in [-0.2, 0) is 4.79 Å². The van der Waals surface area contributed by atoms with Crippen LogP contribution >= 0.6 is 0 Å². The van der Waals surface area contributed by atoms with E-state index in [9.17, 15) is 14.7 Å². The summed E-state index contributed by atoms with van der Waals surface area (Å²) in [5, 5.41) is 13.2. The summed E-state index contributed by atoms with van der Waals surface area (Å²) in [5.41, 5.74) is -0.511. The molecule has 0 radical (unpaired) electrons. The van der Waals surface area contributed by atoms with E-state index in [0.29, 0.717) is 31.0 Å². The molecule has 0 spiro atoms. The van der Waals surface area contributed by atoms with Crippen molar-refractivity contribution in [2.45, 2.75) is 38.5 Å². The SMILES string of the molecule is CCC1(C(=O)O)CCN(C(=O)c2cc(C3CC3)on2)C1. The number of hydrogen-bond acceptors (Lipinski definition) is 4. The fourth-order valence-electron chi connectivity index (χ4n) is 2.77. The minimum Gasteiger partial charge on any atom is -0.481 e. The second-order valence-corrected chi connectivity index (χ2v) is 5.80. The van der Waals surface area contributed by atoms with Crippen LogP contribution in [0, 0.1) is 5.41 Å². The van der Waals surface area contributed by atoms with Gasteiger partial charge in [0.05, 0.1) is 5.41 Å². The fourth-order valence-corrected chi connectivity index (χ4v) is 2.77. The van der Waals surface area contributed by atoms with Crippen molar-refractivity contribution in [1.82, 2.24) is 10.1 Å². The molecular weight excluding hydrogens is 260 g/mol. The molecular formula is C14H18N2O4. The van der Waals surface area contributed by atoms with Crippen LogP contribution in [0.4, 0.5) is 0 Å². The lowest BCUT2D eigenvalue weighted by atomic mass is 9.84. The molecule has 1 aliphatic carbocycles. The Hall–Kier alpha value is -1.85. The predicted molar refractivity (Wildman–Crippen MR) is 69.4 cm³/mol. The van der Waals surface area contributed by atoms with Crippen molar-refractivity contribution in [3.8, 4) is 0 Å². The number of carbonyl (C=O) groups is 2. The maximum absolute atomic E-state index is 12.3. The first-order valence-corrected chi connectivity index (χ1v) is 7.05. The number of carbonyl (C=O) groups excluding carboxylic acids is 1. The summed E-state index contributed by atoms with van der Waals surface area (Å²) in [6, 6.07) is 1.70. The molecule has 6 nitrogen and oxygen atoms in total. The van der Waals surface area contributed by atoms with E-state index in [1.807, 2.05) is 6.92 Å². The van der Waals surface area contributed by atoms with Crippen LogP contribution in [-0.4, -0.2) is 40.1 Å². The Labute approximate surface area is 116 Å². The van der Waals surface area contributed by atoms with Gasteiger partial charge in [-0.25, -0.2) is 0 Å². The molecule has 2 heterocycles. The van der Waals surface area contributed by atoms with Crippen molar-refractivity contribution in [3.05, 3.63) is 17.5 Å². The van der Waals surface area contributed by atoms with Crippen molar-refractivity contribution >= 4 is 11.9 Å². The minimum atomic E-state index is -0.825. The third-order valence-corrected chi connectivity index (χ3v) is 4.50. The number of rotatable bonds is 4. The van der Waals surface area contributed by atoms with Gasteiger partial charge in [-0.2, -0.15) is 0 Å². The van der Waals surface area contributed by atoms with E-state index in [0.717, 1.165) is 18.6 Å². The number of carboxylic acid groups (broad SMARTS) is 1. The van der Waals surface area contributed by atoms with Crippen molar-refractivity contribution in [3.63, 3.8) is 0 Å². The maximum atomic E-state index is 12.3. The van der Waals surface area contributed by atoms with Crippen LogP contribution in [0.5, 0.6) is 0 Å². The fraction of sp³-hybridized carbons (Fsp3) is 0.643. The first kappa shape index (κ1) is 13.1. The third-order valence-electron chi connectivity index (χ3n) is 4.50. The van der Waals surface area contributed by atoms with Crippen molar-refractivity contribution < 1.29 is 19.2 Å². The standard InChI is InChI=1S/C14H18N2O4/c1-2-14(13(18)19)5-6-16(8-14)12(17)10-7-11(20-15-10)9-3-4-9/h7,9H,2-6,8H2,1H3,(H,18,19). The minimum absolute atomic E-state index is 0.225. The summed E-state index contributed by atoms with van der Waals surface area (Å²) in [7, 11) is 0. The average Bonchev–Trinajstić information content (AvgIpc) is 3.02. The van der Waals surface area contributed by atoms with Crippen molar-refractivity contribution in [1.29, 1.82) is 0 Å². The van der Waals surface area contributed by atoms with E-state index in [1.165, 1.54) is 0 Å². The normalized spacial score (nSPS) is 25.9. The Balaban J connectivity index is 1.73. The maximum Gasteiger partial charge on any atom is 0.311 e. The average molecular weight is 278 g/mol. The van der Waals surface area contributed by atoms with Crippen LogP contribution in [0.3, 0.4) is 0 Å². The van der Waals surface area contributed by atoms with Crippen LogP contribution in [0.2, 0.25) is 0 Å². The van der Waals surface area contributed by atoms with E-state index in [2.05, 4.69) is 5.16 Å². The van der Waals surface area contributed by atoms with Gasteiger partial charge in [0.15, 0.2) is 5.69 Å². The Kier molecular flexibility index (Phi) is 3.03. The lowest BCUT2D eigenvalue weighted by molar-refractivity contribution is -0.148. The van der Waals surface area contributed by atoms with E-state index >= 15 is 0 Å². The molecule has 2 fully saturated rings. The molecule has 0 bridgehead atoms. The summed E-state index contributed by atoms with van der Waals surface area (Å²) in [5.74, 6) is 0.135. The lowest BCUT2D eigenvalue weighted by Crippen LogP contribution is -2.36. The highest BCUT2D eigenvalue weighted by atomic mass is 16.5. The molecule has 1 N–H and O–H groups in total. The molecule has 1 saturated heterocycles. The summed E-state index contributed by atoms with van der Waals surface area (Å²) in [6.45, 7) is 2.57. The topological polar surface area (TPSA) is 83.6 Å². The molecule has 2 aliphatic rings. The van der Waals surface area contributed by atoms with Crippen LogP contribution in [0.25, 0.3) is 0 Å². The van der Waals surface area contributed by atoms with E-state index in [4.69, 9.17) is 4.52 Å². The monoisotopic (exact) mass is 278 g/mol. The molecule has 1 aromatic rings. The number of nitrogens with zero attached hydrogens (tertiary/aromatic N) is 2. The highest BCUT2D eigenvalue weighted by Gasteiger charge is 2.45. The Morgan fingerprint density at radius 3 is 2.85 bits per heavy atom. The van der Waals surface area contributed by atoms with Gasteiger partial charge in [-0.3, -0.25) is 9.59 Å². The zero-order valence-corrected chi connectivity index (χ0v) is 11.5. The quantitative estimate of drug-likeness (QED) is 0.909. The molecule has 3 rings (SSSR count). The second-order valence-electron chi connectivity index (χ2n) is 5.80. The van der Waals surface area contributed by atoms with Gasteiger partial charge < -0.3 is 14.5 Å². The number of carboxylic acids is 1. The molecule has 1 unspecified atom stereocenters. The third kappa shape index (κ3) is 2.09. The van der Waals surface area contributed by atoms with Crippen molar-refractivity contribution in [2.75, 3.05) is 13.1 Å². The molecule has 1 aromatic heterocycles. The first-order chi connectivity index (χ1) is 9.55. The van der Waals surface area contributed by atoms with Gasteiger partial charge >= 0.3 is 5.97 Å². The van der Waals surface area contributed by atoms with Crippen molar-refractivity contribution in [2.24, 2.45) is 5.41 Å². The van der Waals surface area contributed by atoms with Gasteiger partial charge in [-0.15, -0.1) is 0 Å². The molecule has 1 atom stereocenters. The number of hydrogen-bond donors (Lipinski definition) is 1. The molecule has 6 heteroatoms. The number of likely N-dealkylation sites (tertiary alicyclic amines) is 1. The Bertz CT molecular complexity index is 549. The zero-order valence-electron chi connectivity index (χ0n) is 11.5. The largest absolute Gasteiger partial charge is 0.481 e. The number of aliphatic carboxylic acids is 1. The second kappa shape index (κ2) is 4.61. The van der Waals surface area contributed by atoms with E-state index < -0.39 is 11.4 Å². The summed E-state index contributed by atoms with van der Waals surface area (Å²) in [6.07, 6.45) is 3.20. The van der Waals surface area contributed by atoms with Gasteiger partial charge in [0.25, 0.3) is 5.91 Å². The molecule has 0 aromatic carbocycles. The summed E-state index contributed by atoms with van der Waals surface area (Å²) in [4.78, 5) is 25.3. The van der Waals surface area contributed by atoms with Crippen LogP contribution < -0.4 is 0 Å².